The van der Waals surface area contributed by atoms with E-state index in [1.165, 1.54) is 18.4 Å². The Kier molecular flexibility index (Phi) is 5.33. The molecular weight excluding hydrogens is 262 g/mol. The molecular formula is C17H29N3O. The molecule has 1 N–H and O–H groups in total. The lowest BCUT2D eigenvalue weighted by atomic mass is 10.00. The average molecular weight is 291 g/mol. The van der Waals surface area contributed by atoms with Crippen molar-refractivity contribution in [3.8, 4) is 0 Å². The number of rotatable bonds is 6. The van der Waals surface area contributed by atoms with Gasteiger partial charge < -0.3 is 10.1 Å². The molecule has 1 aliphatic carbocycles. The third-order valence-electron chi connectivity index (χ3n) is 4.48. The highest BCUT2D eigenvalue weighted by molar-refractivity contribution is 5.26. The van der Waals surface area contributed by atoms with E-state index < -0.39 is 0 Å². The minimum absolute atomic E-state index is 0.251. The van der Waals surface area contributed by atoms with Gasteiger partial charge in [-0.05, 0) is 52.0 Å². The zero-order valence-corrected chi connectivity index (χ0v) is 14.1. The first-order chi connectivity index (χ1) is 9.98. The molecule has 0 unspecified atom stereocenters. The van der Waals surface area contributed by atoms with Gasteiger partial charge in [0, 0.05) is 30.6 Å². The first-order valence-corrected chi connectivity index (χ1v) is 8.09. The number of methoxy groups -OCH3 is 1. The van der Waals surface area contributed by atoms with Crippen LogP contribution in [-0.4, -0.2) is 23.6 Å². The van der Waals surface area contributed by atoms with Crippen LogP contribution in [0.4, 0.5) is 0 Å². The Morgan fingerprint density at radius 2 is 1.71 bits per heavy atom. The molecule has 0 bridgehead atoms. The third-order valence-corrected chi connectivity index (χ3v) is 4.48. The highest BCUT2D eigenvalue weighted by Crippen LogP contribution is 2.40. The minimum Gasteiger partial charge on any atom is -0.370 e. The van der Waals surface area contributed by atoms with E-state index in [4.69, 9.17) is 14.7 Å². The first kappa shape index (κ1) is 16.4. The van der Waals surface area contributed by atoms with Crippen molar-refractivity contribution in [2.24, 2.45) is 5.92 Å². The van der Waals surface area contributed by atoms with E-state index >= 15 is 0 Å². The maximum atomic E-state index is 5.81. The second kappa shape index (κ2) is 6.84. The monoisotopic (exact) mass is 291 g/mol. The molecule has 4 nitrogen and oxygen atoms in total. The Labute approximate surface area is 128 Å². The number of aromatic nitrogens is 2. The van der Waals surface area contributed by atoms with E-state index in [0.29, 0.717) is 5.92 Å². The van der Waals surface area contributed by atoms with Gasteiger partial charge in [0.25, 0.3) is 0 Å². The molecule has 1 aromatic heterocycles. The van der Waals surface area contributed by atoms with Gasteiger partial charge >= 0.3 is 0 Å². The molecule has 0 aromatic carbocycles. The summed E-state index contributed by atoms with van der Waals surface area (Å²) < 4.78 is 5.81. The number of aryl methyl sites for hydroxylation is 2. The Morgan fingerprint density at radius 3 is 2.19 bits per heavy atom. The third kappa shape index (κ3) is 3.61. The molecule has 0 saturated heterocycles. The zero-order valence-electron chi connectivity index (χ0n) is 14.1. The van der Waals surface area contributed by atoms with E-state index in [9.17, 15) is 0 Å². The van der Waals surface area contributed by atoms with Crippen molar-refractivity contribution in [2.45, 2.75) is 65.5 Å². The predicted molar refractivity (Wildman–Crippen MR) is 85.2 cm³/mol. The smallest absolute Gasteiger partial charge is 0.160 e. The van der Waals surface area contributed by atoms with E-state index in [1.807, 2.05) is 0 Å². The maximum Gasteiger partial charge on any atom is 0.160 e. The summed E-state index contributed by atoms with van der Waals surface area (Å²) in [5, 5.41) is 3.48. The molecule has 0 radical (unpaired) electrons. The lowest BCUT2D eigenvalue weighted by Crippen LogP contribution is -2.29. The minimum atomic E-state index is -0.251. The second-order valence-electron chi connectivity index (χ2n) is 6.63. The Hall–Kier alpha value is -1.00. The van der Waals surface area contributed by atoms with Crippen molar-refractivity contribution in [3.63, 3.8) is 0 Å². The Balaban J connectivity index is 2.20. The number of hydrogen-bond donors (Lipinski definition) is 1. The van der Waals surface area contributed by atoms with E-state index in [1.54, 1.807) is 7.11 Å². The van der Waals surface area contributed by atoms with E-state index in [0.717, 1.165) is 43.1 Å². The molecule has 0 atom stereocenters. The summed E-state index contributed by atoms with van der Waals surface area (Å²) in [6.07, 6.45) is 4.47. The molecule has 1 aliphatic rings. The average Bonchev–Trinajstić information content (AvgIpc) is 2.91. The van der Waals surface area contributed by atoms with Gasteiger partial charge in [0.05, 0.1) is 0 Å². The summed E-state index contributed by atoms with van der Waals surface area (Å²) in [4.78, 5) is 9.56. The van der Waals surface area contributed by atoms with Crippen LogP contribution in [0.25, 0.3) is 0 Å². The normalized spacial score (nSPS) is 17.6. The van der Waals surface area contributed by atoms with Crippen LogP contribution in [-0.2, 0) is 16.9 Å². The fourth-order valence-corrected chi connectivity index (χ4v) is 3.15. The molecule has 4 heteroatoms. The van der Waals surface area contributed by atoms with Gasteiger partial charge in [0.2, 0.25) is 0 Å². The first-order valence-electron chi connectivity index (χ1n) is 8.09. The van der Waals surface area contributed by atoms with Crippen molar-refractivity contribution in [2.75, 3.05) is 13.7 Å². The van der Waals surface area contributed by atoms with Crippen LogP contribution in [0.5, 0.6) is 0 Å². The summed E-state index contributed by atoms with van der Waals surface area (Å²) in [6, 6.07) is 0. The summed E-state index contributed by atoms with van der Waals surface area (Å²) in [5.41, 5.74) is 3.14. The van der Waals surface area contributed by atoms with Crippen LogP contribution in [0.1, 0.15) is 62.3 Å². The topological polar surface area (TPSA) is 47.0 Å². The van der Waals surface area contributed by atoms with Gasteiger partial charge in [-0.15, -0.1) is 0 Å². The molecule has 0 amide bonds. The van der Waals surface area contributed by atoms with Gasteiger partial charge in [-0.25, -0.2) is 9.97 Å². The summed E-state index contributed by atoms with van der Waals surface area (Å²) >= 11 is 0. The van der Waals surface area contributed by atoms with Crippen molar-refractivity contribution < 1.29 is 4.74 Å². The highest BCUT2D eigenvalue weighted by Gasteiger charge is 2.38. The van der Waals surface area contributed by atoms with Crippen LogP contribution in [0.2, 0.25) is 0 Å². The van der Waals surface area contributed by atoms with E-state index in [2.05, 4.69) is 33.0 Å². The van der Waals surface area contributed by atoms with Gasteiger partial charge in [0.1, 0.15) is 5.60 Å². The lowest BCUT2D eigenvalue weighted by molar-refractivity contribution is -0.0166. The van der Waals surface area contributed by atoms with Crippen molar-refractivity contribution >= 4 is 0 Å². The molecule has 21 heavy (non-hydrogen) atoms. The lowest BCUT2D eigenvalue weighted by Gasteiger charge is -2.27. The number of nitrogens with one attached hydrogen (secondary N) is 1. The standard InChI is InChI=1S/C17H29N3O/c1-12(2)10-18-11-15-13(3)19-16(20-14(15)4)17(21-5)8-6-7-9-17/h12,18H,6-11H2,1-5H3. The van der Waals surface area contributed by atoms with Crippen LogP contribution in [0.3, 0.4) is 0 Å². The quantitative estimate of drug-likeness (QED) is 0.874. The van der Waals surface area contributed by atoms with Crippen molar-refractivity contribution in [1.82, 2.24) is 15.3 Å². The highest BCUT2D eigenvalue weighted by atomic mass is 16.5. The zero-order chi connectivity index (χ0) is 15.5. The summed E-state index contributed by atoms with van der Waals surface area (Å²) in [6.45, 7) is 10.5. The molecule has 118 valence electrons. The molecule has 1 saturated carbocycles. The van der Waals surface area contributed by atoms with Gasteiger partial charge in [0.15, 0.2) is 5.82 Å². The Morgan fingerprint density at radius 1 is 1.14 bits per heavy atom. The van der Waals surface area contributed by atoms with Crippen molar-refractivity contribution in [3.05, 3.63) is 22.8 Å². The van der Waals surface area contributed by atoms with Gasteiger partial charge in [-0.2, -0.15) is 0 Å². The SMILES string of the molecule is COC1(c2nc(C)c(CNCC(C)C)c(C)n2)CCCC1. The van der Waals surface area contributed by atoms with Crippen LogP contribution < -0.4 is 5.32 Å². The Bertz CT molecular complexity index is 456. The second-order valence-corrected chi connectivity index (χ2v) is 6.63. The molecule has 1 heterocycles. The fraction of sp³-hybridized carbons (Fsp3) is 0.765. The summed E-state index contributed by atoms with van der Waals surface area (Å²) in [7, 11) is 1.79. The molecule has 0 aliphatic heterocycles. The number of hydrogen-bond acceptors (Lipinski definition) is 4. The van der Waals surface area contributed by atoms with Crippen molar-refractivity contribution in [1.29, 1.82) is 0 Å². The van der Waals surface area contributed by atoms with Gasteiger partial charge in [-0.3, -0.25) is 0 Å². The molecule has 1 fully saturated rings. The van der Waals surface area contributed by atoms with Gasteiger partial charge in [-0.1, -0.05) is 13.8 Å². The molecule has 1 aromatic rings. The number of nitrogens with zero attached hydrogens (tertiary/aromatic N) is 2. The van der Waals surface area contributed by atoms with Crippen LogP contribution in [0.15, 0.2) is 0 Å². The van der Waals surface area contributed by atoms with Crippen LogP contribution >= 0.6 is 0 Å². The van der Waals surface area contributed by atoms with E-state index in [-0.39, 0.29) is 5.60 Å². The number of ether oxygens (including phenoxy) is 1. The van der Waals surface area contributed by atoms with Crippen LogP contribution in [0, 0.1) is 19.8 Å². The molecule has 2 rings (SSSR count). The molecule has 0 spiro atoms. The fourth-order valence-electron chi connectivity index (χ4n) is 3.15. The summed E-state index contributed by atoms with van der Waals surface area (Å²) in [5.74, 6) is 1.53. The predicted octanol–water partition coefficient (Wildman–Crippen LogP) is 3.25. The maximum absolute atomic E-state index is 5.81. The largest absolute Gasteiger partial charge is 0.370 e.